The van der Waals surface area contributed by atoms with Gasteiger partial charge in [-0.15, -0.1) is 0 Å². The largest absolute Gasteiger partial charge is 0.478 e. The Bertz CT molecular complexity index is 853. The summed E-state index contributed by atoms with van der Waals surface area (Å²) in [7, 11) is 0. The number of carboxylic acids is 1. The zero-order valence-electron chi connectivity index (χ0n) is 22.2. The molecular formula is C30H48O3. The van der Waals surface area contributed by atoms with Crippen LogP contribution in [0.5, 0.6) is 0 Å². The summed E-state index contributed by atoms with van der Waals surface area (Å²) in [6.45, 7) is 16.5. The standard InChI is InChI=1S/C30H48O3/c1-19(9-8-10-20(2)26(32)33)21-13-17-30(7)23-11-12-24-27(3,4)25(31)15-16-28(24,5)22(23)14-18-29(21,30)6/h10,14,19,21,23-25,31H,8-9,11-13,15-18H2,1-7H3,(H,32,33)/t19-,21?,23-,24+,25+,28-,29-,30+/m1/s1. The predicted molar refractivity (Wildman–Crippen MR) is 135 cm³/mol. The minimum atomic E-state index is -0.796. The highest BCUT2D eigenvalue weighted by molar-refractivity contribution is 5.85. The van der Waals surface area contributed by atoms with Crippen molar-refractivity contribution in [1.82, 2.24) is 0 Å². The van der Waals surface area contributed by atoms with E-state index in [1.54, 1.807) is 12.5 Å². The molecule has 0 aromatic carbocycles. The highest BCUT2D eigenvalue weighted by Gasteiger charge is 2.65. The summed E-state index contributed by atoms with van der Waals surface area (Å²) < 4.78 is 0. The van der Waals surface area contributed by atoms with Crippen LogP contribution < -0.4 is 0 Å². The van der Waals surface area contributed by atoms with E-state index in [0.717, 1.165) is 25.7 Å². The molecule has 4 aliphatic carbocycles. The SMILES string of the molecule is CC(=CCC[C@@H](C)C1CC[C@@]2(C)[C@@H]3CC[C@H]4C(C)(C)[C@@H](O)CC[C@]4(C)C3=CC[C@]12C)C(=O)O. The van der Waals surface area contributed by atoms with Crippen molar-refractivity contribution < 1.29 is 15.0 Å². The molecule has 0 aliphatic heterocycles. The molecule has 3 heteroatoms. The second kappa shape index (κ2) is 8.25. The van der Waals surface area contributed by atoms with E-state index in [1.165, 1.54) is 32.1 Å². The minimum Gasteiger partial charge on any atom is -0.478 e. The van der Waals surface area contributed by atoms with E-state index in [0.29, 0.717) is 40.1 Å². The van der Waals surface area contributed by atoms with Crippen LogP contribution in [0, 0.1) is 45.3 Å². The van der Waals surface area contributed by atoms with E-state index in [2.05, 4.69) is 47.6 Å². The molecular weight excluding hydrogens is 408 g/mol. The summed E-state index contributed by atoms with van der Waals surface area (Å²) in [6.07, 6.45) is 14.7. The molecule has 186 valence electrons. The molecule has 0 aromatic heterocycles. The third-order valence-electron chi connectivity index (χ3n) is 12.0. The zero-order chi connectivity index (χ0) is 24.4. The topological polar surface area (TPSA) is 57.5 Å². The summed E-state index contributed by atoms with van der Waals surface area (Å²) in [6, 6.07) is 0. The van der Waals surface area contributed by atoms with Crippen LogP contribution in [-0.2, 0) is 4.79 Å². The molecule has 3 saturated carbocycles. The first-order valence-corrected chi connectivity index (χ1v) is 13.6. The molecule has 0 bridgehead atoms. The average Bonchev–Trinajstić information content (AvgIpc) is 3.02. The maximum Gasteiger partial charge on any atom is 0.330 e. The molecule has 3 fully saturated rings. The first kappa shape index (κ1) is 25.0. The van der Waals surface area contributed by atoms with Gasteiger partial charge in [-0.1, -0.05) is 59.3 Å². The van der Waals surface area contributed by atoms with Gasteiger partial charge >= 0.3 is 5.97 Å². The third-order valence-corrected chi connectivity index (χ3v) is 12.0. The van der Waals surface area contributed by atoms with E-state index in [4.69, 9.17) is 5.11 Å². The maximum absolute atomic E-state index is 11.1. The van der Waals surface area contributed by atoms with Gasteiger partial charge in [0.2, 0.25) is 0 Å². The molecule has 4 aliphatic rings. The van der Waals surface area contributed by atoms with E-state index < -0.39 is 5.97 Å². The molecule has 0 aromatic rings. The molecule has 3 nitrogen and oxygen atoms in total. The highest BCUT2D eigenvalue weighted by Crippen LogP contribution is 2.73. The molecule has 33 heavy (non-hydrogen) atoms. The first-order chi connectivity index (χ1) is 15.3. The van der Waals surface area contributed by atoms with Crippen molar-refractivity contribution in [2.75, 3.05) is 0 Å². The van der Waals surface area contributed by atoms with Crippen LogP contribution in [0.3, 0.4) is 0 Å². The molecule has 1 unspecified atom stereocenters. The van der Waals surface area contributed by atoms with Gasteiger partial charge in [-0.25, -0.2) is 4.79 Å². The van der Waals surface area contributed by atoms with Gasteiger partial charge in [0.15, 0.2) is 0 Å². The predicted octanol–water partition coefficient (Wildman–Crippen LogP) is 7.40. The number of aliphatic hydroxyl groups is 1. The summed E-state index contributed by atoms with van der Waals surface area (Å²) in [5.41, 5.74) is 3.11. The van der Waals surface area contributed by atoms with Crippen molar-refractivity contribution in [3.63, 3.8) is 0 Å². The summed E-state index contributed by atoms with van der Waals surface area (Å²) in [5.74, 6) is 1.77. The van der Waals surface area contributed by atoms with E-state index in [-0.39, 0.29) is 16.9 Å². The maximum atomic E-state index is 11.1. The van der Waals surface area contributed by atoms with E-state index in [9.17, 15) is 9.90 Å². The first-order valence-electron chi connectivity index (χ1n) is 13.6. The lowest BCUT2D eigenvalue weighted by Crippen LogP contribution is -2.57. The normalized spacial score (nSPS) is 45.5. The highest BCUT2D eigenvalue weighted by atomic mass is 16.4. The van der Waals surface area contributed by atoms with Gasteiger partial charge in [-0.05, 0) is 110 Å². The number of carbonyl (C=O) groups is 1. The number of fused-ring (bicyclic) bond motifs is 5. The second-order valence-electron chi connectivity index (χ2n) is 13.6. The van der Waals surface area contributed by atoms with Crippen molar-refractivity contribution in [3.8, 4) is 0 Å². The number of allylic oxidation sites excluding steroid dienone is 3. The van der Waals surface area contributed by atoms with Crippen LogP contribution in [0.25, 0.3) is 0 Å². The number of hydrogen-bond donors (Lipinski definition) is 2. The Balaban J connectivity index is 1.59. The second-order valence-corrected chi connectivity index (χ2v) is 13.6. The van der Waals surface area contributed by atoms with Gasteiger partial charge in [-0.2, -0.15) is 0 Å². The third kappa shape index (κ3) is 3.58. The van der Waals surface area contributed by atoms with Crippen molar-refractivity contribution in [1.29, 1.82) is 0 Å². The molecule has 4 rings (SSSR count). The molecule has 0 radical (unpaired) electrons. The Morgan fingerprint density at radius 1 is 1.09 bits per heavy atom. The Labute approximate surface area is 202 Å². The van der Waals surface area contributed by atoms with Gasteiger partial charge in [0, 0.05) is 5.57 Å². The van der Waals surface area contributed by atoms with Crippen LogP contribution in [0.1, 0.15) is 106 Å². The lowest BCUT2D eigenvalue weighted by atomic mass is 9.41. The molecule has 2 N–H and O–H groups in total. The Kier molecular flexibility index (Phi) is 6.25. The Morgan fingerprint density at radius 3 is 2.45 bits per heavy atom. The van der Waals surface area contributed by atoms with Crippen LogP contribution in [-0.4, -0.2) is 22.3 Å². The quantitative estimate of drug-likeness (QED) is 0.335. The number of carboxylic acid groups (broad SMARTS) is 1. The summed E-state index contributed by atoms with van der Waals surface area (Å²) >= 11 is 0. The van der Waals surface area contributed by atoms with Crippen molar-refractivity contribution in [3.05, 3.63) is 23.3 Å². The van der Waals surface area contributed by atoms with Crippen LogP contribution in [0.15, 0.2) is 23.3 Å². The van der Waals surface area contributed by atoms with Gasteiger partial charge < -0.3 is 10.2 Å². The van der Waals surface area contributed by atoms with Gasteiger partial charge in [-0.3, -0.25) is 0 Å². The van der Waals surface area contributed by atoms with E-state index in [1.807, 2.05) is 6.08 Å². The van der Waals surface area contributed by atoms with E-state index >= 15 is 0 Å². The van der Waals surface area contributed by atoms with Crippen molar-refractivity contribution in [2.24, 2.45) is 45.3 Å². The average molecular weight is 457 g/mol. The fourth-order valence-electron chi connectivity index (χ4n) is 9.52. The molecule has 0 amide bonds. The smallest absolute Gasteiger partial charge is 0.330 e. The number of rotatable bonds is 5. The molecule has 0 saturated heterocycles. The van der Waals surface area contributed by atoms with Crippen LogP contribution in [0.2, 0.25) is 0 Å². The van der Waals surface area contributed by atoms with Crippen molar-refractivity contribution >= 4 is 5.97 Å². The number of hydrogen-bond acceptors (Lipinski definition) is 2. The number of aliphatic carboxylic acids is 1. The zero-order valence-corrected chi connectivity index (χ0v) is 22.2. The number of aliphatic hydroxyl groups excluding tert-OH is 1. The Hall–Kier alpha value is -1.09. The molecule has 0 spiro atoms. The Morgan fingerprint density at radius 2 is 1.79 bits per heavy atom. The summed E-state index contributed by atoms with van der Waals surface area (Å²) in [5, 5.41) is 20.0. The van der Waals surface area contributed by atoms with Gasteiger partial charge in [0.05, 0.1) is 6.10 Å². The van der Waals surface area contributed by atoms with Crippen LogP contribution >= 0.6 is 0 Å². The van der Waals surface area contributed by atoms with Crippen LogP contribution in [0.4, 0.5) is 0 Å². The minimum absolute atomic E-state index is 0.00517. The molecule has 8 atom stereocenters. The van der Waals surface area contributed by atoms with Gasteiger partial charge in [0.1, 0.15) is 0 Å². The lowest BCUT2D eigenvalue weighted by molar-refractivity contribution is -0.132. The van der Waals surface area contributed by atoms with Crippen molar-refractivity contribution in [2.45, 2.75) is 112 Å². The molecule has 0 heterocycles. The fraction of sp³-hybridized carbons (Fsp3) is 0.833. The monoisotopic (exact) mass is 456 g/mol. The van der Waals surface area contributed by atoms with Gasteiger partial charge in [0.25, 0.3) is 0 Å². The fourth-order valence-corrected chi connectivity index (χ4v) is 9.52. The summed E-state index contributed by atoms with van der Waals surface area (Å²) in [4.78, 5) is 11.1. The lowest BCUT2D eigenvalue weighted by Gasteiger charge is -2.64.